The van der Waals surface area contributed by atoms with E-state index in [2.05, 4.69) is 15.5 Å². The Balaban J connectivity index is 1.55. The fourth-order valence-electron chi connectivity index (χ4n) is 2.86. The molecule has 0 atom stereocenters. The molecule has 0 unspecified atom stereocenters. The van der Waals surface area contributed by atoms with Gasteiger partial charge in [0.2, 0.25) is 5.91 Å². The minimum atomic E-state index is -0.119. The van der Waals surface area contributed by atoms with Crippen molar-refractivity contribution in [2.75, 3.05) is 24.8 Å². The highest BCUT2D eigenvalue weighted by Crippen LogP contribution is 2.27. The number of aromatic nitrogens is 3. The number of nitrogens with one attached hydrogen (secondary N) is 1. The second-order valence-corrected chi connectivity index (χ2v) is 7.32. The van der Waals surface area contributed by atoms with E-state index in [0.29, 0.717) is 35.6 Å². The molecule has 0 aliphatic heterocycles. The van der Waals surface area contributed by atoms with Crippen molar-refractivity contribution >= 4 is 23.4 Å². The lowest BCUT2D eigenvalue weighted by atomic mass is 10.3. The third-order valence-corrected chi connectivity index (χ3v) is 5.28. The lowest BCUT2D eigenvalue weighted by Crippen LogP contribution is -2.15. The Morgan fingerprint density at radius 2 is 1.77 bits per heavy atom. The van der Waals surface area contributed by atoms with E-state index < -0.39 is 0 Å². The Hall–Kier alpha value is -3.20. The largest absolute Gasteiger partial charge is 0.494 e. The van der Waals surface area contributed by atoms with Gasteiger partial charge < -0.3 is 24.1 Å². The first-order valence-corrected chi connectivity index (χ1v) is 11.0. The van der Waals surface area contributed by atoms with Crippen molar-refractivity contribution in [3.05, 3.63) is 54.4 Å². The van der Waals surface area contributed by atoms with Crippen LogP contribution in [-0.4, -0.2) is 40.1 Å². The number of benzene rings is 2. The third-order valence-electron chi connectivity index (χ3n) is 4.32. The highest BCUT2D eigenvalue weighted by Gasteiger charge is 2.14. The normalized spacial score (nSPS) is 10.5. The summed E-state index contributed by atoms with van der Waals surface area (Å²) in [5.74, 6) is 2.85. The van der Waals surface area contributed by atoms with Crippen LogP contribution in [0.2, 0.25) is 0 Å². The highest BCUT2D eigenvalue weighted by molar-refractivity contribution is 7.99. The van der Waals surface area contributed by atoms with Crippen molar-refractivity contribution < 1.29 is 19.0 Å². The number of hydrogen-bond donors (Lipinski definition) is 1. The fraction of sp³-hybridized carbons (Fsp3) is 0.318. The molecular formula is C22H26N4O4S. The van der Waals surface area contributed by atoms with Gasteiger partial charge in [0.15, 0.2) is 22.5 Å². The molecule has 2 aromatic carbocycles. The number of rotatable bonds is 11. The molecule has 0 aliphatic rings. The van der Waals surface area contributed by atoms with Gasteiger partial charge in [-0.1, -0.05) is 23.9 Å². The van der Waals surface area contributed by atoms with Gasteiger partial charge in [-0.25, -0.2) is 0 Å². The van der Waals surface area contributed by atoms with E-state index in [1.54, 1.807) is 7.11 Å². The van der Waals surface area contributed by atoms with Crippen LogP contribution in [0.15, 0.2) is 53.7 Å². The molecule has 9 heteroatoms. The van der Waals surface area contributed by atoms with Crippen LogP contribution in [0.3, 0.4) is 0 Å². The molecule has 0 bridgehead atoms. The summed E-state index contributed by atoms with van der Waals surface area (Å²) in [6.07, 6.45) is 0. The number of amides is 1. The monoisotopic (exact) mass is 442 g/mol. The average Bonchev–Trinajstić information content (AvgIpc) is 3.19. The Kier molecular flexibility index (Phi) is 8.17. The van der Waals surface area contributed by atoms with E-state index >= 15 is 0 Å². The van der Waals surface area contributed by atoms with Gasteiger partial charge >= 0.3 is 0 Å². The Bertz CT molecular complexity index is 991. The molecule has 1 aromatic heterocycles. The average molecular weight is 443 g/mol. The zero-order valence-corrected chi connectivity index (χ0v) is 18.6. The molecular weight excluding hydrogens is 416 g/mol. The van der Waals surface area contributed by atoms with Gasteiger partial charge in [0, 0.05) is 12.2 Å². The highest BCUT2D eigenvalue weighted by atomic mass is 32.2. The molecule has 3 rings (SSSR count). The number of carbonyl (C=O) groups excluding carboxylic acids is 1. The lowest BCUT2D eigenvalue weighted by Gasteiger charge is -2.11. The minimum Gasteiger partial charge on any atom is -0.494 e. The second-order valence-electron chi connectivity index (χ2n) is 6.38. The van der Waals surface area contributed by atoms with Crippen molar-refractivity contribution in [3.8, 4) is 17.2 Å². The molecule has 8 nitrogen and oxygen atoms in total. The quantitative estimate of drug-likeness (QED) is 0.449. The van der Waals surface area contributed by atoms with E-state index in [-0.39, 0.29) is 18.3 Å². The van der Waals surface area contributed by atoms with Crippen LogP contribution in [0.4, 0.5) is 5.69 Å². The van der Waals surface area contributed by atoms with Gasteiger partial charge in [0.05, 0.1) is 19.5 Å². The van der Waals surface area contributed by atoms with Crippen LogP contribution >= 0.6 is 11.8 Å². The summed E-state index contributed by atoms with van der Waals surface area (Å²) in [5.41, 5.74) is 0.719. The number of para-hydroxylation sites is 2. The van der Waals surface area contributed by atoms with Crippen LogP contribution < -0.4 is 19.5 Å². The SMILES string of the molecule is CCOc1ccc(NC(=O)CSc2nnc(COc3ccccc3OC)n2CC)cc1. The summed E-state index contributed by atoms with van der Waals surface area (Å²) in [7, 11) is 1.60. The zero-order chi connectivity index (χ0) is 22.1. The van der Waals surface area contributed by atoms with Crippen molar-refractivity contribution in [3.63, 3.8) is 0 Å². The number of hydrogen-bond acceptors (Lipinski definition) is 7. The first-order chi connectivity index (χ1) is 15.1. The summed E-state index contributed by atoms with van der Waals surface area (Å²) in [5, 5.41) is 12.0. The van der Waals surface area contributed by atoms with Crippen LogP contribution in [0.25, 0.3) is 0 Å². The molecule has 0 saturated carbocycles. The summed E-state index contributed by atoms with van der Waals surface area (Å²) in [4.78, 5) is 12.3. The number of methoxy groups -OCH3 is 1. The van der Waals surface area contributed by atoms with Gasteiger partial charge in [-0.05, 0) is 50.2 Å². The number of carbonyl (C=O) groups is 1. The maximum absolute atomic E-state index is 12.3. The van der Waals surface area contributed by atoms with Crippen LogP contribution in [0.1, 0.15) is 19.7 Å². The van der Waals surface area contributed by atoms with Gasteiger partial charge in [-0.3, -0.25) is 4.79 Å². The fourth-order valence-corrected chi connectivity index (χ4v) is 3.68. The van der Waals surface area contributed by atoms with Gasteiger partial charge in [0.1, 0.15) is 12.4 Å². The van der Waals surface area contributed by atoms with Crippen LogP contribution in [0, 0.1) is 0 Å². The predicted molar refractivity (Wildman–Crippen MR) is 120 cm³/mol. The Morgan fingerprint density at radius 3 is 2.45 bits per heavy atom. The van der Waals surface area contributed by atoms with E-state index in [1.165, 1.54) is 11.8 Å². The first kappa shape index (κ1) is 22.5. The maximum atomic E-state index is 12.3. The number of nitrogens with zero attached hydrogens (tertiary/aromatic N) is 3. The zero-order valence-electron chi connectivity index (χ0n) is 17.8. The van der Waals surface area contributed by atoms with E-state index in [4.69, 9.17) is 14.2 Å². The molecule has 0 spiro atoms. The maximum Gasteiger partial charge on any atom is 0.234 e. The molecule has 31 heavy (non-hydrogen) atoms. The molecule has 0 saturated heterocycles. The minimum absolute atomic E-state index is 0.119. The summed E-state index contributed by atoms with van der Waals surface area (Å²) in [6.45, 7) is 5.45. The molecule has 164 valence electrons. The van der Waals surface area contributed by atoms with Gasteiger partial charge in [0.25, 0.3) is 0 Å². The van der Waals surface area contributed by atoms with Gasteiger partial charge in [-0.15, -0.1) is 10.2 Å². The smallest absolute Gasteiger partial charge is 0.234 e. The second kappa shape index (κ2) is 11.3. The number of anilines is 1. The van der Waals surface area contributed by atoms with E-state index in [0.717, 1.165) is 11.4 Å². The summed E-state index contributed by atoms with van der Waals surface area (Å²) < 4.78 is 18.5. The Labute approximate surface area is 185 Å². The molecule has 1 heterocycles. The summed E-state index contributed by atoms with van der Waals surface area (Å²) >= 11 is 1.33. The van der Waals surface area contributed by atoms with Gasteiger partial charge in [-0.2, -0.15) is 0 Å². The van der Waals surface area contributed by atoms with Crippen molar-refractivity contribution in [2.24, 2.45) is 0 Å². The molecule has 0 radical (unpaired) electrons. The molecule has 0 fully saturated rings. The predicted octanol–water partition coefficient (Wildman–Crippen LogP) is 4.02. The summed E-state index contributed by atoms with van der Waals surface area (Å²) in [6, 6.07) is 14.7. The molecule has 1 N–H and O–H groups in total. The molecule has 1 amide bonds. The topological polar surface area (TPSA) is 87.5 Å². The number of thioether (sulfide) groups is 1. The first-order valence-electron chi connectivity index (χ1n) is 9.98. The Morgan fingerprint density at radius 1 is 1.03 bits per heavy atom. The van der Waals surface area contributed by atoms with Crippen LogP contribution in [0.5, 0.6) is 17.2 Å². The van der Waals surface area contributed by atoms with Crippen molar-refractivity contribution in [1.29, 1.82) is 0 Å². The standard InChI is InChI=1S/C22H26N4O4S/c1-4-26-20(14-30-19-9-7-6-8-18(19)28-3)24-25-22(26)31-15-21(27)23-16-10-12-17(13-11-16)29-5-2/h6-13H,4-5,14-15H2,1-3H3,(H,23,27). The number of ether oxygens (including phenoxy) is 3. The molecule has 0 aliphatic carbocycles. The lowest BCUT2D eigenvalue weighted by molar-refractivity contribution is -0.113. The van der Waals surface area contributed by atoms with Crippen molar-refractivity contribution in [2.45, 2.75) is 32.2 Å². The van der Waals surface area contributed by atoms with Crippen LogP contribution in [-0.2, 0) is 17.9 Å². The third kappa shape index (κ3) is 6.14. The van der Waals surface area contributed by atoms with E-state index in [9.17, 15) is 4.79 Å². The molecule has 3 aromatic rings. The van der Waals surface area contributed by atoms with E-state index in [1.807, 2.05) is 66.9 Å². The van der Waals surface area contributed by atoms with Crippen molar-refractivity contribution in [1.82, 2.24) is 14.8 Å².